The summed E-state index contributed by atoms with van der Waals surface area (Å²) in [4.78, 5) is 23.9. The van der Waals surface area contributed by atoms with E-state index in [0.29, 0.717) is 17.5 Å². The number of carboxylic acids is 1. The van der Waals surface area contributed by atoms with Gasteiger partial charge in [0, 0.05) is 10.9 Å². The van der Waals surface area contributed by atoms with Crippen LogP contribution in [0.5, 0.6) is 0 Å². The molecule has 1 aromatic heterocycles. The van der Waals surface area contributed by atoms with E-state index in [0.717, 1.165) is 5.39 Å². The molecule has 2 aromatic rings. The van der Waals surface area contributed by atoms with E-state index < -0.39 is 5.97 Å². The van der Waals surface area contributed by atoms with Gasteiger partial charge in [-0.15, -0.1) is 0 Å². The number of carbonyl (C=O) groups excluding carboxylic acids is 1. The molecule has 0 aliphatic carbocycles. The van der Waals surface area contributed by atoms with Crippen molar-refractivity contribution in [2.45, 2.75) is 0 Å². The molecule has 70 valence electrons. The van der Waals surface area contributed by atoms with Crippen molar-refractivity contribution < 1.29 is 14.7 Å². The van der Waals surface area contributed by atoms with Gasteiger partial charge in [-0.2, -0.15) is 0 Å². The second-order valence-corrected chi connectivity index (χ2v) is 2.95. The van der Waals surface area contributed by atoms with E-state index in [1.807, 2.05) is 0 Å². The maximum absolute atomic E-state index is 10.6. The third-order valence-corrected chi connectivity index (χ3v) is 2.02. The van der Waals surface area contributed by atoms with Crippen LogP contribution in [0.1, 0.15) is 20.8 Å². The van der Waals surface area contributed by atoms with Crippen molar-refractivity contribution in [1.82, 2.24) is 4.98 Å². The zero-order valence-electron chi connectivity index (χ0n) is 7.15. The predicted octanol–water partition coefficient (Wildman–Crippen LogP) is 1.68. The molecule has 4 nitrogen and oxygen atoms in total. The van der Waals surface area contributed by atoms with Gasteiger partial charge in [-0.25, -0.2) is 4.79 Å². The van der Waals surface area contributed by atoms with Gasteiger partial charge in [-0.1, -0.05) is 6.07 Å². The lowest BCUT2D eigenvalue weighted by molar-refractivity contribution is 0.0697. The highest BCUT2D eigenvalue weighted by Gasteiger charge is 2.05. The Bertz CT molecular complexity index is 513. The van der Waals surface area contributed by atoms with Crippen LogP contribution in [0.4, 0.5) is 0 Å². The van der Waals surface area contributed by atoms with Gasteiger partial charge in [0.1, 0.15) is 0 Å². The maximum atomic E-state index is 10.6. The number of carboxylic acid groups (broad SMARTS) is 1. The summed E-state index contributed by atoms with van der Waals surface area (Å²) in [6.07, 6.45) is 0.695. The van der Waals surface area contributed by atoms with Gasteiger partial charge in [0.2, 0.25) is 0 Å². The molecule has 0 saturated heterocycles. The molecular formula is C10H7NO3. The number of nitrogens with one attached hydrogen (secondary N) is 1. The van der Waals surface area contributed by atoms with Crippen molar-refractivity contribution in [3.8, 4) is 0 Å². The van der Waals surface area contributed by atoms with Crippen molar-refractivity contribution in [3.63, 3.8) is 0 Å². The summed E-state index contributed by atoms with van der Waals surface area (Å²) in [6, 6.07) is 6.36. The molecule has 2 rings (SSSR count). The van der Waals surface area contributed by atoms with Crippen LogP contribution in [0.25, 0.3) is 10.9 Å². The number of carbonyl (C=O) groups is 2. The third kappa shape index (κ3) is 1.26. The third-order valence-electron chi connectivity index (χ3n) is 2.02. The highest BCUT2D eigenvalue weighted by Crippen LogP contribution is 2.16. The van der Waals surface area contributed by atoms with Crippen molar-refractivity contribution in [2.75, 3.05) is 0 Å². The molecule has 0 aliphatic rings. The maximum Gasteiger partial charge on any atom is 0.335 e. The molecule has 0 amide bonds. The number of H-pyrrole nitrogens is 1. The quantitative estimate of drug-likeness (QED) is 0.706. The highest BCUT2D eigenvalue weighted by atomic mass is 16.4. The molecule has 0 spiro atoms. The Labute approximate surface area is 79.2 Å². The highest BCUT2D eigenvalue weighted by molar-refractivity contribution is 5.95. The number of rotatable bonds is 2. The van der Waals surface area contributed by atoms with Crippen LogP contribution in [0, 0.1) is 0 Å². The normalized spacial score (nSPS) is 10.3. The number of aromatic carboxylic acids is 1. The first kappa shape index (κ1) is 8.50. The molecule has 0 radical (unpaired) electrons. The number of benzene rings is 1. The molecule has 0 aliphatic heterocycles. The van der Waals surface area contributed by atoms with Crippen molar-refractivity contribution in [2.24, 2.45) is 0 Å². The van der Waals surface area contributed by atoms with Crippen LogP contribution in [0.15, 0.2) is 24.3 Å². The molecule has 0 bridgehead atoms. The number of hydrogen-bond acceptors (Lipinski definition) is 2. The Morgan fingerprint density at radius 3 is 2.79 bits per heavy atom. The number of hydrogen-bond donors (Lipinski definition) is 2. The van der Waals surface area contributed by atoms with E-state index in [4.69, 9.17) is 5.11 Å². The Kier molecular flexibility index (Phi) is 1.81. The van der Waals surface area contributed by atoms with Crippen LogP contribution in [0.3, 0.4) is 0 Å². The van der Waals surface area contributed by atoms with Crippen LogP contribution >= 0.6 is 0 Å². The second-order valence-electron chi connectivity index (χ2n) is 2.95. The molecule has 2 N–H and O–H groups in total. The summed E-state index contributed by atoms with van der Waals surface area (Å²) < 4.78 is 0. The molecule has 14 heavy (non-hydrogen) atoms. The van der Waals surface area contributed by atoms with Gasteiger partial charge in [-0.3, -0.25) is 4.79 Å². The Hall–Kier alpha value is -2.10. The molecule has 0 atom stereocenters. The fourth-order valence-corrected chi connectivity index (χ4v) is 1.35. The predicted molar refractivity (Wildman–Crippen MR) is 50.6 cm³/mol. The average Bonchev–Trinajstić information content (AvgIpc) is 2.58. The average molecular weight is 189 g/mol. The fraction of sp³-hybridized carbons (Fsp3) is 0. The zero-order chi connectivity index (χ0) is 10.1. The first-order valence-corrected chi connectivity index (χ1v) is 4.02. The second kappa shape index (κ2) is 2.99. The molecule has 0 fully saturated rings. The topological polar surface area (TPSA) is 70.2 Å². The smallest absolute Gasteiger partial charge is 0.335 e. The summed E-state index contributed by atoms with van der Waals surface area (Å²) in [6.45, 7) is 0. The van der Waals surface area contributed by atoms with E-state index in [1.54, 1.807) is 12.1 Å². The lowest BCUT2D eigenvalue weighted by Gasteiger charge is -1.93. The van der Waals surface area contributed by atoms with Gasteiger partial charge in [0.15, 0.2) is 6.29 Å². The summed E-state index contributed by atoms with van der Waals surface area (Å²) in [5, 5.41) is 9.56. The summed E-state index contributed by atoms with van der Waals surface area (Å²) in [5.41, 5.74) is 1.31. The monoisotopic (exact) mass is 189 g/mol. The number of fused-ring (bicyclic) bond motifs is 1. The van der Waals surface area contributed by atoms with Gasteiger partial charge in [0.05, 0.1) is 11.3 Å². The van der Waals surface area contributed by atoms with Crippen molar-refractivity contribution in [3.05, 3.63) is 35.5 Å². The van der Waals surface area contributed by atoms with Crippen molar-refractivity contribution >= 4 is 23.2 Å². The SMILES string of the molecule is O=Cc1cc2ccc(C(=O)O)cc2[nH]1. The number of aromatic nitrogens is 1. The number of aldehydes is 1. The fourth-order valence-electron chi connectivity index (χ4n) is 1.35. The van der Waals surface area contributed by atoms with Gasteiger partial charge >= 0.3 is 5.97 Å². The largest absolute Gasteiger partial charge is 0.478 e. The van der Waals surface area contributed by atoms with E-state index in [-0.39, 0.29) is 5.56 Å². The Morgan fingerprint density at radius 1 is 1.36 bits per heavy atom. The lowest BCUT2D eigenvalue weighted by atomic mass is 10.2. The number of aromatic amines is 1. The molecule has 0 saturated carbocycles. The molecule has 1 heterocycles. The minimum atomic E-state index is -0.978. The van der Waals surface area contributed by atoms with E-state index in [1.165, 1.54) is 12.1 Å². The zero-order valence-corrected chi connectivity index (χ0v) is 7.15. The van der Waals surface area contributed by atoms with Crippen LogP contribution in [0.2, 0.25) is 0 Å². The van der Waals surface area contributed by atoms with E-state index in [2.05, 4.69) is 4.98 Å². The van der Waals surface area contributed by atoms with Gasteiger partial charge in [-0.05, 0) is 18.2 Å². The Balaban J connectivity index is 2.65. The van der Waals surface area contributed by atoms with Gasteiger partial charge < -0.3 is 10.1 Å². The molecular weight excluding hydrogens is 182 g/mol. The summed E-state index contributed by atoms with van der Waals surface area (Å²) >= 11 is 0. The first-order chi connectivity index (χ1) is 6.70. The molecule has 0 unspecified atom stereocenters. The van der Waals surface area contributed by atoms with Crippen LogP contribution in [-0.2, 0) is 0 Å². The first-order valence-electron chi connectivity index (χ1n) is 4.02. The summed E-state index contributed by atoms with van der Waals surface area (Å²) in [5.74, 6) is -0.978. The van der Waals surface area contributed by atoms with Crippen LogP contribution < -0.4 is 0 Å². The molecule has 1 aromatic carbocycles. The molecule has 4 heteroatoms. The van der Waals surface area contributed by atoms with Gasteiger partial charge in [0.25, 0.3) is 0 Å². The minimum absolute atomic E-state index is 0.205. The van der Waals surface area contributed by atoms with E-state index >= 15 is 0 Å². The minimum Gasteiger partial charge on any atom is -0.478 e. The lowest BCUT2D eigenvalue weighted by Crippen LogP contribution is -1.94. The summed E-state index contributed by atoms with van der Waals surface area (Å²) in [7, 11) is 0. The van der Waals surface area contributed by atoms with Crippen LogP contribution in [-0.4, -0.2) is 22.3 Å². The Morgan fingerprint density at radius 2 is 2.14 bits per heavy atom. The van der Waals surface area contributed by atoms with E-state index in [9.17, 15) is 9.59 Å². The van der Waals surface area contributed by atoms with Crippen molar-refractivity contribution in [1.29, 1.82) is 0 Å². The standard InChI is InChI=1S/C10H7NO3/c12-5-8-3-6-1-2-7(10(13)14)4-9(6)11-8/h1-5,11H,(H,13,14).